The van der Waals surface area contributed by atoms with E-state index in [-0.39, 0.29) is 11.5 Å². The van der Waals surface area contributed by atoms with Gasteiger partial charge in [-0.15, -0.1) is 0 Å². The number of carbonyl (C=O) groups is 2. The van der Waals surface area contributed by atoms with Gasteiger partial charge < -0.3 is 5.32 Å². The first kappa shape index (κ1) is 11.3. The molecule has 0 fully saturated rings. The zero-order valence-electron chi connectivity index (χ0n) is 8.45. The van der Waals surface area contributed by atoms with Crippen molar-refractivity contribution in [3.05, 3.63) is 29.8 Å². The Morgan fingerprint density at radius 3 is 2.67 bits per heavy atom. The molecule has 1 amide bonds. The van der Waals surface area contributed by atoms with Gasteiger partial charge in [-0.3, -0.25) is 9.59 Å². The summed E-state index contributed by atoms with van der Waals surface area (Å²) in [6, 6.07) is 3.31. The van der Waals surface area contributed by atoms with Gasteiger partial charge in [0.25, 0.3) is 5.91 Å². The average molecular weight is 210 g/mol. The van der Waals surface area contributed by atoms with Crippen molar-refractivity contribution in [2.75, 3.05) is 0 Å². The maximum absolute atomic E-state index is 12.7. The molecule has 0 saturated carbocycles. The quantitative estimate of drug-likeness (QED) is 0.755. The van der Waals surface area contributed by atoms with E-state index in [1.165, 1.54) is 19.1 Å². The summed E-state index contributed by atoms with van der Waals surface area (Å²) in [6.45, 7) is 2.92. The normalized spacial score (nSPS) is 11.9. The van der Waals surface area contributed by atoms with Crippen molar-refractivity contribution >= 4 is 11.7 Å². The van der Waals surface area contributed by atoms with E-state index in [9.17, 15) is 14.0 Å². The molecule has 4 nitrogen and oxygen atoms in total. The average Bonchev–Trinajstić information content (AvgIpc) is 2.17. The molecule has 0 bridgehead atoms. The summed E-state index contributed by atoms with van der Waals surface area (Å²) < 4.78 is 12.7. The van der Waals surface area contributed by atoms with Crippen molar-refractivity contribution in [3.8, 4) is 0 Å². The predicted molar refractivity (Wildman–Crippen MR) is 51.8 cm³/mol. The van der Waals surface area contributed by atoms with Crippen LogP contribution in [0.25, 0.3) is 0 Å². The van der Waals surface area contributed by atoms with E-state index >= 15 is 0 Å². The maximum atomic E-state index is 12.7. The molecule has 0 aliphatic heterocycles. The van der Waals surface area contributed by atoms with Crippen LogP contribution in [0.3, 0.4) is 0 Å². The van der Waals surface area contributed by atoms with Crippen LogP contribution in [-0.4, -0.2) is 22.7 Å². The summed E-state index contributed by atoms with van der Waals surface area (Å²) in [4.78, 5) is 25.7. The second-order valence-electron chi connectivity index (χ2n) is 3.15. The number of rotatable bonds is 3. The Labute approximate surface area is 86.5 Å². The molecule has 1 rings (SSSR count). The molecule has 0 aliphatic rings. The number of amides is 1. The van der Waals surface area contributed by atoms with E-state index in [1.54, 1.807) is 6.92 Å². The number of hydrogen-bond acceptors (Lipinski definition) is 3. The first-order chi connectivity index (χ1) is 7.00. The van der Waals surface area contributed by atoms with Crippen LogP contribution in [-0.2, 0) is 4.79 Å². The number of nitrogens with zero attached hydrogens (tertiary/aromatic N) is 1. The number of nitrogens with one attached hydrogen (secondary N) is 1. The summed E-state index contributed by atoms with van der Waals surface area (Å²) in [5.74, 6) is -1.45. The highest BCUT2D eigenvalue weighted by Gasteiger charge is 2.13. The number of hydrogen-bond donors (Lipinski definition) is 1. The van der Waals surface area contributed by atoms with Crippen LogP contribution in [0.2, 0.25) is 0 Å². The van der Waals surface area contributed by atoms with Crippen LogP contribution in [0.1, 0.15) is 24.3 Å². The van der Waals surface area contributed by atoms with E-state index in [4.69, 9.17) is 0 Å². The molecule has 1 heterocycles. The Hall–Kier alpha value is -1.78. The van der Waals surface area contributed by atoms with Gasteiger partial charge in [0.15, 0.2) is 5.78 Å². The fourth-order valence-corrected chi connectivity index (χ4v) is 0.907. The number of halogens is 1. The summed E-state index contributed by atoms with van der Waals surface area (Å²) in [7, 11) is 0. The Kier molecular flexibility index (Phi) is 3.49. The fraction of sp³-hybridized carbons (Fsp3) is 0.300. The first-order valence-electron chi connectivity index (χ1n) is 4.44. The highest BCUT2D eigenvalue weighted by molar-refractivity contribution is 5.95. The van der Waals surface area contributed by atoms with E-state index in [1.807, 2.05) is 0 Å². The summed E-state index contributed by atoms with van der Waals surface area (Å²) in [5, 5.41) is 2.41. The predicted octanol–water partition coefficient (Wildman–Crippen LogP) is 0.928. The molecule has 0 spiro atoms. The number of ketones is 1. The molecular formula is C10H11FN2O2. The van der Waals surface area contributed by atoms with Crippen molar-refractivity contribution in [2.24, 2.45) is 0 Å². The summed E-state index contributed by atoms with van der Waals surface area (Å²) in [6.07, 6.45) is 0. The van der Waals surface area contributed by atoms with Crippen molar-refractivity contribution < 1.29 is 14.0 Å². The van der Waals surface area contributed by atoms with E-state index in [0.29, 0.717) is 0 Å². The molecular weight excluding hydrogens is 199 g/mol. The van der Waals surface area contributed by atoms with Gasteiger partial charge in [0.2, 0.25) is 5.95 Å². The minimum atomic E-state index is -0.724. The summed E-state index contributed by atoms with van der Waals surface area (Å²) in [5.41, 5.74) is -0.0388. The zero-order chi connectivity index (χ0) is 11.4. The number of pyridine rings is 1. The first-order valence-corrected chi connectivity index (χ1v) is 4.44. The minimum Gasteiger partial charge on any atom is -0.341 e. The molecule has 1 atom stereocenters. The van der Waals surface area contributed by atoms with Crippen LogP contribution >= 0.6 is 0 Å². The molecule has 1 N–H and O–H groups in total. The van der Waals surface area contributed by atoms with Gasteiger partial charge in [-0.2, -0.15) is 4.39 Å². The molecule has 80 valence electrons. The lowest BCUT2D eigenvalue weighted by molar-refractivity contribution is -0.118. The molecule has 1 aromatic heterocycles. The SMILES string of the molecule is CC(=O)[C@H](C)NC(=O)c1cccc(F)n1. The van der Waals surface area contributed by atoms with Crippen molar-refractivity contribution in [1.29, 1.82) is 0 Å². The van der Waals surface area contributed by atoms with Crippen LogP contribution in [0.5, 0.6) is 0 Å². The van der Waals surface area contributed by atoms with Gasteiger partial charge in [-0.25, -0.2) is 4.98 Å². The Bertz CT molecular complexity index is 393. The molecule has 15 heavy (non-hydrogen) atoms. The Balaban J connectivity index is 2.73. The van der Waals surface area contributed by atoms with Gasteiger partial charge >= 0.3 is 0 Å². The minimum absolute atomic E-state index is 0.0388. The third-order valence-electron chi connectivity index (χ3n) is 1.91. The monoisotopic (exact) mass is 210 g/mol. The number of carbonyl (C=O) groups excluding carboxylic acids is 2. The third-order valence-corrected chi connectivity index (χ3v) is 1.91. The lowest BCUT2D eigenvalue weighted by Crippen LogP contribution is -2.37. The largest absolute Gasteiger partial charge is 0.341 e. The van der Waals surface area contributed by atoms with Crippen molar-refractivity contribution in [1.82, 2.24) is 10.3 Å². The van der Waals surface area contributed by atoms with Crippen molar-refractivity contribution in [3.63, 3.8) is 0 Å². The maximum Gasteiger partial charge on any atom is 0.270 e. The van der Waals surface area contributed by atoms with Gasteiger partial charge in [-0.05, 0) is 26.0 Å². The number of Topliss-reactive ketones (excluding diaryl/α,β-unsaturated/α-hetero) is 1. The molecule has 5 heteroatoms. The van der Waals surface area contributed by atoms with Crippen LogP contribution in [0, 0.1) is 5.95 Å². The van der Waals surface area contributed by atoms with Gasteiger partial charge in [0, 0.05) is 0 Å². The second kappa shape index (κ2) is 4.63. The lowest BCUT2D eigenvalue weighted by Gasteiger charge is -2.09. The smallest absolute Gasteiger partial charge is 0.270 e. The zero-order valence-corrected chi connectivity index (χ0v) is 8.45. The molecule has 0 saturated heterocycles. The van der Waals surface area contributed by atoms with Crippen LogP contribution < -0.4 is 5.32 Å². The Morgan fingerprint density at radius 1 is 1.47 bits per heavy atom. The standard InChI is InChI=1S/C10H11FN2O2/c1-6(7(2)14)12-10(15)8-4-3-5-9(11)13-8/h3-6H,1-2H3,(H,12,15)/t6-/m0/s1. The molecule has 0 radical (unpaired) electrons. The molecule has 0 aromatic carbocycles. The van der Waals surface area contributed by atoms with E-state index < -0.39 is 17.9 Å². The molecule has 0 unspecified atom stereocenters. The second-order valence-corrected chi connectivity index (χ2v) is 3.15. The highest BCUT2D eigenvalue weighted by atomic mass is 19.1. The van der Waals surface area contributed by atoms with Crippen LogP contribution in [0.15, 0.2) is 18.2 Å². The topological polar surface area (TPSA) is 59.1 Å². The molecule has 1 aromatic rings. The van der Waals surface area contributed by atoms with Gasteiger partial charge in [0.1, 0.15) is 5.69 Å². The lowest BCUT2D eigenvalue weighted by atomic mass is 10.2. The Morgan fingerprint density at radius 2 is 2.13 bits per heavy atom. The van der Waals surface area contributed by atoms with Gasteiger partial charge in [0.05, 0.1) is 6.04 Å². The number of aromatic nitrogens is 1. The molecule has 0 aliphatic carbocycles. The third kappa shape index (κ3) is 3.12. The van der Waals surface area contributed by atoms with Crippen LogP contribution in [0.4, 0.5) is 4.39 Å². The fourth-order valence-electron chi connectivity index (χ4n) is 0.907. The van der Waals surface area contributed by atoms with Crippen molar-refractivity contribution in [2.45, 2.75) is 19.9 Å². The van der Waals surface area contributed by atoms with Gasteiger partial charge in [-0.1, -0.05) is 6.07 Å². The summed E-state index contributed by atoms with van der Waals surface area (Å²) >= 11 is 0. The van der Waals surface area contributed by atoms with E-state index in [0.717, 1.165) is 6.07 Å². The van der Waals surface area contributed by atoms with E-state index in [2.05, 4.69) is 10.3 Å². The highest BCUT2D eigenvalue weighted by Crippen LogP contribution is 1.98.